The van der Waals surface area contributed by atoms with Gasteiger partial charge in [0.1, 0.15) is 109 Å². The zero-order valence-corrected chi connectivity index (χ0v) is 49.1. The van der Waals surface area contributed by atoms with E-state index in [4.69, 9.17) is 47.4 Å². The van der Waals surface area contributed by atoms with Crippen LogP contribution in [0.2, 0.25) is 0 Å². The quantitative estimate of drug-likeness (QED) is 0.0528. The van der Waals surface area contributed by atoms with Crippen LogP contribution in [0, 0.1) is 50.2 Å². The van der Waals surface area contributed by atoms with Crippen LogP contribution in [0.4, 0.5) is 0 Å². The maximum absolute atomic E-state index is 15.3. The Morgan fingerprint density at radius 2 is 1.18 bits per heavy atom. The number of carbonyl (C=O) groups excluding carboxylic acids is 1. The van der Waals surface area contributed by atoms with Crippen LogP contribution in [0.3, 0.4) is 0 Å². The van der Waals surface area contributed by atoms with Crippen molar-refractivity contribution in [2.75, 3.05) is 26.4 Å². The number of aliphatic hydroxyl groups is 15. The third-order valence-corrected chi connectivity index (χ3v) is 22.7. The lowest BCUT2D eigenvalue weighted by Crippen LogP contribution is -2.68. The SMILES string of the molecule is CC1OC(OC2C(OC3CCC4(C)C(CCC5(C)C4CC=C4C6CC(C)(C)CCC6(C(=O)OC6OC(COC7OC(CO)C(OC8OCC(O)C(O)C8O)C(O)C7O)C(O)C(O)C6O)C(O)CC45C)C3(C)C)OCC(O)C2O)C(O)C(O)C1O. The highest BCUT2D eigenvalue weighted by Crippen LogP contribution is 2.76. The van der Waals surface area contributed by atoms with E-state index in [1.54, 1.807) is 0 Å². The molecule has 0 aromatic carbocycles. The van der Waals surface area contributed by atoms with Crippen LogP contribution < -0.4 is 0 Å². The molecule has 26 nitrogen and oxygen atoms in total. The molecule has 482 valence electrons. The maximum Gasteiger partial charge on any atom is 0.317 e. The Labute approximate surface area is 488 Å². The normalized spacial score (nSPS) is 54.6. The molecule has 5 aliphatic carbocycles. The molecule has 0 bridgehead atoms. The molecule has 5 saturated heterocycles. The van der Waals surface area contributed by atoms with Crippen LogP contribution in [-0.4, -0.2) is 263 Å². The summed E-state index contributed by atoms with van der Waals surface area (Å²) in [5.41, 5.74) is -2.49. The number of carbonyl (C=O) groups is 1. The van der Waals surface area contributed by atoms with Gasteiger partial charge in [-0.15, -0.1) is 0 Å². The van der Waals surface area contributed by atoms with Crippen molar-refractivity contribution in [3.05, 3.63) is 11.6 Å². The minimum atomic E-state index is -1.97. The highest BCUT2D eigenvalue weighted by molar-refractivity contribution is 5.80. The highest BCUT2D eigenvalue weighted by Gasteiger charge is 2.72. The first-order valence-electron chi connectivity index (χ1n) is 30.1. The molecular weight excluding hydrogens is 1110 g/mol. The lowest BCUT2D eigenvalue weighted by Gasteiger charge is -2.71. The molecule has 32 unspecified atom stereocenters. The molecule has 0 radical (unpaired) electrons. The lowest BCUT2D eigenvalue weighted by molar-refractivity contribution is -0.364. The standard InChI is InChI=1S/C58H94O26/c1-23-34(63)38(67)42(71)49(78-23)83-46-36(65)27(61)21-76-51(46)81-33-12-13-55(6)30(54(33,4)5)11-14-56(7)31(55)10-9-24-25-17-53(2,3)15-16-58(25,32(62)18-57(24,56)8)52(74)84-50-43(72)39(68)37(66)29(80-50)22-77-47-44(73)40(69)45(28(19-59)79-47)82-48-41(70)35(64)26(60)20-75-48/h9,23,25-51,59-73H,10-22H2,1-8H3. The summed E-state index contributed by atoms with van der Waals surface area (Å²) >= 11 is 0. The summed E-state index contributed by atoms with van der Waals surface area (Å²) in [4.78, 5) is 15.3. The third-order valence-electron chi connectivity index (χ3n) is 22.7. The van der Waals surface area contributed by atoms with Crippen LogP contribution in [-0.2, 0) is 52.2 Å². The van der Waals surface area contributed by atoms with Gasteiger partial charge in [-0.2, -0.15) is 0 Å². The molecule has 5 aliphatic heterocycles. The molecule has 32 atom stereocenters. The molecule has 9 fully saturated rings. The van der Waals surface area contributed by atoms with Gasteiger partial charge in [0.2, 0.25) is 6.29 Å². The van der Waals surface area contributed by atoms with Gasteiger partial charge in [-0.3, -0.25) is 4.79 Å². The molecule has 0 spiro atoms. The topological polar surface area (TPSA) is 413 Å². The second-order valence-electron chi connectivity index (χ2n) is 28.3. The predicted molar refractivity (Wildman–Crippen MR) is 283 cm³/mol. The van der Waals surface area contributed by atoms with Gasteiger partial charge in [0.15, 0.2) is 25.2 Å². The van der Waals surface area contributed by atoms with E-state index in [-0.39, 0.29) is 47.5 Å². The minimum absolute atomic E-state index is 0.100. The monoisotopic (exact) mass is 1210 g/mol. The fraction of sp³-hybridized carbons (Fsp3) is 0.948. The number of fused-ring (bicyclic) bond motifs is 7. The average molecular weight is 1210 g/mol. The zero-order valence-electron chi connectivity index (χ0n) is 49.1. The molecule has 0 amide bonds. The van der Waals surface area contributed by atoms with Gasteiger partial charge in [-0.05, 0) is 110 Å². The van der Waals surface area contributed by atoms with Crippen molar-refractivity contribution in [2.24, 2.45) is 50.2 Å². The maximum atomic E-state index is 15.3. The van der Waals surface area contributed by atoms with Crippen LogP contribution in [0.5, 0.6) is 0 Å². The first-order chi connectivity index (χ1) is 39.3. The number of aliphatic hydroxyl groups excluding tert-OH is 15. The smallest absolute Gasteiger partial charge is 0.317 e. The molecule has 10 rings (SSSR count). The van der Waals surface area contributed by atoms with Crippen molar-refractivity contribution in [2.45, 2.75) is 267 Å². The third kappa shape index (κ3) is 10.8. The van der Waals surface area contributed by atoms with Gasteiger partial charge in [0, 0.05) is 0 Å². The van der Waals surface area contributed by atoms with Crippen molar-refractivity contribution in [1.29, 1.82) is 0 Å². The first kappa shape index (κ1) is 65.2. The van der Waals surface area contributed by atoms with Gasteiger partial charge in [-0.1, -0.05) is 60.1 Å². The Balaban J connectivity index is 0.839. The summed E-state index contributed by atoms with van der Waals surface area (Å²) in [6.07, 6.45) is -30.9. The second-order valence-corrected chi connectivity index (χ2v) is 28.3. The van der Waals surface area contributed by atoms with Crippen molar-refractivity contribution in [1.82, 2.24) is 0 Å². The van der Waals surface area contributed by atoms with E-state index in [0.29, 0.717) is 25.7 Å². The summed E-state index contributed by atoms with van der Waals surface area (Å²) < 4.78 is 59.0. The minimum Gasteiger partial charge on any atom is -0.432 e. The Bertz CT molecular complexity index is 2350. The summed E-state index contributed by atoms with van der Waals surface area (Å²) in [6, 6.07) is 0. The van der Waals surface area contributed by atoms with Crippen molar-refractivity contribution < 1.29 is 129 Å². The fourth-order valence-corrected chi connectivity index (χ4v) is 17.4. The van der Waals surface area contributed by atoms with Gasteiger partial charge in [0.05, 0.1) is 44.7 Å². The van der Waals surface area contributed by atoms with E-state index >= 15 is 4.79 Å². The average Bonchev–Trinajstić information content (AvgIpc) is 0.713. The van der Waals surface area contributed by atoms with Gasteiger partial charge < -0.3 is 124 Å². The molecule has 84 heavy (non-hydrogen) atoms. The number of ether oxygens (including phenoxy) is 10. The van der Waals surface area contributed by atoms with E-state index in [0.717, 1.165) is 24.8 Å². The summed E-state index contributed by atoms with van der Waals surface area (Å²) in [6.45, 7) is 14.8. The van der Waals surface area contributed by atoms with Gasteiger partial charge >= 0.3 is 5.97 Å². The van der Waals surface area contributed by atoms with E-state index in [9.17, 15) is 76.6 Å². The Morgan fingerprint density at radius 1 is 0.571 bits per heavy atom. The highest BCUT2D eigenvalue weighted by atomic mass is 16.8. The largest absolute Gasteiger partial charge is 0.432 e. The van der Waals surface area contributed by atoms with Gasteiger partial charge in [-0.25, -0.2) is 0 Å². The van der Waals surface area contributed by atoms with E-state index in [1.807, 2.05) is 0 Å². The first-order valence-corrected chi connectivity index (χ1v) is 30.1. The van der Waals surface area contributed by atoms with Crippen LogP contribution >= 0.6 is 0 Å². The number of hydrogen-bond acceptors (Lipinski definition) is 26. The molecule has 5 heterocycles. The molecule has 4 saturated carbocycles. The lowest BCUT2D eigenvalue weighted by atomic mass is 9.33. The Morgan fingerprint density at radius 3 is 1.87 bits per heavy atom. The van der Waals surface area contributed by atoms with Crippen LogP contribution in [0.25, 0.3) is 0 Å². The van der Waals surface area contributed by atoms with Crippen LogP contribution in [0.15, 0.2) is 11.6 Å². The Hall–Kier alpha value is -1.75. The molecule has 26 heteroatoms. The molecule has 10 aliphatic rings. The molecule has 0 aromatic heterocycles. The Kier molecular flexibility index (Phi) is 18.5. The molecule has 0 aromatic rings. The molecular formula is C58H94O26. The van der Waals surface area contributed by atoms with Crippen molar-refractivity contribution in [3.8, 4) is 0 Å². The second kappa shape index (κ2) is 23.8. The summed E-state index contributed by atoms with van der Waals surface area (Å²) in [7, 11) is 0. The zero-order chi connectivity index (χ0) is 61.3. The number of esters is 1. The van der Waals surface area contributed by atoms with Crippen molar-refractivity contribution >= 4 is 5.97 Å². The van der Waals surface area contributed by atoms with Gasteiger partial charge in [0.25, 0.3) is 0 Å². The number of hydrogen-bond donors (Lipinski definition) is 15. The van der Waals surface area contributed by atoms with E-state index in [1.165, 1.54) is 6.92 Å². The predicted octanol–water partition coefficient (Wildman–Crippen LogP) is -2.93. The van der Waals surface area contributed by atoms with E-state index in [2.05, 4.69) is 54.5 Å². The number of rotatable bonds is 12. The van der Waals surface area contributed by atoms with E-state index < -0.39 is 201 Å². The van der Waals surface area contributed by atoms with Crippen LogP contribution in [0.1, 0.15) is 113 Å². The molecule has 15 N–H and O–H groups in total. The summed E-state index contributed by atoms with van der Waals surface area (Å²) in [5, 5.41) is 163. The fourth-order valence-electron chi connectivity index (χ4n) is 17.4. The van der Waals surface area contributed by atoms with Crippen molar-refractivity contribution in [3.63, 3.8) is 0 Å². The number of allylic oxidation sites excluding steroid dienone is 2. The summed E-state index contributed by atoms with van der Waals surface area (Å²) in [5.74, 6) is -1.16.